The average molecular weight is 249 g/mol. The molecule has 2 heterocycles. The lowest BCUT2D eigenvalue weighted by Gasteiger charge is -2.10. The van der Waals surface area contributed by atoms with E-state index in [9.17, 15) is 9.59 Å². The van der Waals surface area contributed by atoms with E-state index in [1.165, 1.54) is 0 Å². The van der Waals surface area contributed by atoms with Crippen LogP contribution in [0.15, 0.2) is 18.7 Å². The third-order valence-corrected chi connectivity index (χ3v) is 2.35. The van der Waals surface area contributed by atoms with Crippen LogP contribution in [0.5, 0.6) is 0 Å². The molecule has 0 bridgehead atoms. The lowest BCUT2D eigenvalue weighted by atomic mass is 10.2. The Morgan fingerprint density at radius 2 is 2.17 bits per heavy atom. The molecule has 0 saturated carbocycles. The van der Waals surface area contributed by atoms with Gasteiger partial charge in [0.15, 0.2) is 11.4 Å². The zero-order chi connectivity index (χ0) is 13.1. The molecule has 4 N–H and O–H groups in total. The molecule has 0 spiro atoms. The van der Waals surface area contributed by atoms with Crippen molar-refractivity contribution in [2.75, 3.05) is 0 Å². The van der Waals surface area contributed by atoms with Crippen LogP contribution in [0.3, 0.4) is 0 Å². The molecule has 2 aromatic heterocycles. The molecule has 0 radical (unpaired) electrons. The zero-order valence-corrected chi connectivity index (χ0v) is 9.47. The molecule has 8 nitrogen and oxygen atoms in total. The maximum atomic E-state index is 11.8. The molecule has 1 amide bonds. The Morgan fingerprint density at radius 1 is 1.39 bits per heavy atom. The first-order chi connectivity index (χ1) is 8.59. The monoisotopic (exact) mass is 249 g/mol. The van der Waals surface area contributed by atoms with Crippen LogP contribution in [0.1, 0.15) is 39.8 Å². The molecule has 0 aliphatic heterocycles. The third-order valence-electron chi connectivity index (χ3n) is 2.35. The van der Waals surface area contributed by atoms with Crippen molar-refractivity contribution in [3.8, 4) is 0 Å². The summed E-state index contributed by atoms with van der Waals surface area (Å²) < 4.78 is 0. The first kappa shape index (κ1) is 11.8. The predicted molar refractivity (Wildman–Crippen MR) is 60.0 cm³/mol. The van der Waals surface area contributed by atoms with Crippen molar-refractivity contribution < 1.29 is 14.7 Å². The standard InChI is InChI=1S/C10H11N5O3/c1-5(8-11-2-3-12-8)15-9(16)6-7(10(17)18)14-4-13-6/h2-5H,1H3,(H,11,12)(H,13,14)(H,15,16)(H,17,18). The molecule has 1 unspecified atom stereocenters. The van der Waals surface area contributed by atoms with Gasteiger partial charge in [-0.25, -0.2) is 14.8 Å². The normalized spacial score (nSPS) is 12.1. The van der Waals surface area contributed by atoms with Crippen molar-refractivity contribution in [1.82, 2.24) is 25.3 Å². The highest BCUT2D eigenvalue weighted by molar-refractivity contribution is 6.02. The van der Waals surface area contributed by atoms with Gasteiger partial charge in [-0.1, -0.05) is 0 Å². The molecular formula is C10H11N5O3. The number of aromatic carboxylic acids is 1. The highest BCUT2D eigenvalue weighted by Crippen LogP contribution is 2.08. The van der Waals surface area contributed by atoms with Crippen LogP contribution in [0, 0.1) is 0 Å². The maximum absolute atomic E-state index is 11.8. The number of nitrogens with zero attached hydrogens (tertiary/aromatic N) is 2. The summed E-state index contributed by atoms with van der Waals surface area (Å²) in [4.78, 5) is 35.6. The Labute approximate surface area is 101 Å². The lowest BCUT2D eigenvalue weighted by Crippen LogP contribution is -2.29. The molecule has 0 aliphatic rings. The number of carboxylic acids is 1. The SMILES string of the molecule is CC(NC(=O)c1nc[nH]c1C(=O)O)c1ncc[nH]1. The summed E-state index contributed by atoms with van der Waals surface area (Å²) in [6, 6.07) is -0.370. The van der Waals surface area contributed by atoms with Gasteiger partial charge >= 0.3 is 5.97 Å². The minimum atomic E-state index is -1.23. The summed E-state index contributed by atoms with van der Waals surface area (Å²) in [7, 11) is 0. The van der Waals surface area contributed by atoms with E-state index in [4.69, 9.17) is 5.11 Å². The summed E-state index contributed by atoms with van der Waals surface area (Å²) >= 11 is 0. The van der Waals surface area contributed by atoms with Gasteiger partial charge in [0.05, 0.1) is 12.4 Å². The van der Waals surface area contributed by atoms with Crippen LogP contribution >= 0.6 is 0 Å². The molecular weight excluding hydrogens is 238 g/mol. The number of hydrogen-bond acceptors (Lipinski definition) is 4. The minimum absolute atomic E-state index is 0.152. The molecule has 94 valence electrons. The molecule has 2 rings (SSSR count). The Balaban J connectivity index is 2.13. The van der Waals surface area contributed by atoms with Gasteiger partial charge in [0, 0.05) is 12.4 Å². The number of carboxylic acid groups (broad SMARTS) is 1. The quantitative estimate of drug-likeness (QED) is 0.621. The number of carbonyl (C=O) groups is 2. The van der Waals surface area contributed by atoms with Crippen LogP contribution in [0.2, 0.25) is 0 Å². The summed E-state index contributed by atoms with van der Waals surface area (Å²) in [5, 5.41) is 11.5. The lowest BCUT2D eigenvalue weighted by molar-refractivity contribution is 0.0684. The van der Waals surface area contributed by atoms with Gasteiger partial charge in [0.1, 0.15) is 5.82 Å². The molecule has 0 fully saturated rings. The van der Waals surface area contributed by atoms with Gasteiger partial charge in [-0.05, 0) is 6.92 Å². The Hall–Kier alpha value is -2.64. The second-order valence-electron chi connectivity index (χ2n) is 3.60. The number of aromatic nitrogens is 4. The Kier molecular flexibility index (Phi) is 3.09. The van der Waals surface area contributed by atoms with Crippen molar-refractivity contribution in [2.45, 2.75) is 13.0 Å². The van der Waals surface area contributed by atoms with Crippen LogP contribution in [-0.2, 0) is 0 Å². The molecule has 2 aromatic rings. The Bertz CT molecular complexity index is 560. The van der Waals surface area contributed by atoms with E-state index in [-0.39, 0.29) is 17.4 Å². The van der Waals surface area contributed by atoms with Gasteiger partial charge in [-0.3, -0.25) is 4.79 Å². The van der Waals surface area contributed by atoms with E-state index in [2.05, 4.69) is 25.3 Å². The summed E-state index contributed by atoms with van der Waals surface area (Å²) in [5.74, 6) is -1.23. The van der Waals surface area contributed by atoms with Gasteiger partial charge in [0.25, 0.3) is 5.91 Å². The van der Waals surface area contributed by atoms with E-state index in [0.29, 0.717) is 5.82 Å². The largest absolute Gasteiger partial charge is 0.477 e. The van der Waals surface area contributed by atoms with Crippen molar-refractivity contribution in [1.29, 1.82) is 0 Å². The number of aromatic amines is 2. The number of hydrogen-bond donors (Lipinski definition) is 4. The maximum Gasteiger partial charge on any atom is 0.354 e. The van der Waals surface area contributed by atoms with Gasteiger partial charge in [-0.15, -0.1) is 0 Å². The molecule has 8 heteroatoms. The summed E-state index contributed by atoms with van der Waals surface area (Å²) in [6.45, 7) is 1.73. The number of carbonyl (C=O) groups excluding carboxylic acids is 1. The van der Waals surface area contributed by atoms with Crippen molar-refractivity contribution in [3.63, 3.8) is 0 Å². The van der Waals surface area contributed by atoms with E-state index < -0.39 is 11.9 Å². The fourth-order valence-electron chi connectivity index (χ4n) is 1.48. The number of amides is 1. The smallest absolute Gasteiger partial charge is 0.354 e. The highest BCUT2D eigenvalue weighted by atomic mass is 16.4. The molecule has 0 aromatic carbocycles. The number of rotatable bonds is 4. The molecule has 1 atom stereocenters. The number of imidazole rings is 2. The van der Waals surface area contributed by atoms with Crippen LogP contribution in [0.4, 0.5) is 0 Å². The van der Waals surface area contributed by atoms with Crippen molar-refractivity contribution in [3.05, 3.63) is 35.9 Å². The van der Waals surface area contributed by atoms with E-state index >= 15 is 0 Å². The fourth-order valence-corrected chi connectivity index (χ4v) is 1.48. The van der Waals surface area contributed by atoms with Crippen molar-refractivity contribution >= 4 is 11.9 Å². The van der Waals surface area contributed by atoms with Gasteiger partial charge in [-0.2, -0.15) is 0 Å². The van der Waals surface area contributed by atoms with E-state index in [0.717, 1.165) is 6.33 Å². The first-order valence-electron chi connectivity index (χ1n) is 5.16. The second kappa shape index (κ2) is 4.70. The number of H-pyrrole nitrogens is 2. The molecule has 0 aliphatic carbocycles. The topological polar surface area (TPSA) is 124 Å². The van der Waals surface area contributed by atoms with E-state index in [1.807, 2.05) is 0 Å². The van der Waals surface area contributed by atoms with Gasteiger partial charge < -0.3 is 20.4 Å². The highest BCUT2D eigenvalue weighted by Gasteiger charge is 2.21. The average Bonchev–Trinajstić information content (AvgIpc) is 3.00. The van der Waals surface area contributed by atoms with Crippen LogP contribution in [0.25, 0.3) is 0 Å². The summed E-state index contributed by atoms with van der Waals surface area (Å²) in [6.07, 6.45) is 4.36. The van der Waals surface area contributed by atoms with Crippen LogP contribution < -0.4 is 5.32 Å². The summed E-state index contributed by atoms with van der Waals surface area (Å²) in [5.41, 5.74) is -0.389. The molecule has 18 heavy (non-hydrogen) atoms. The fraction of sp³-hybridized carbons (Fsp3) is 0.200. The third kappa shape index (κ3) is 2.21. The predicted octanol–water partition coefficient (Wildman–Crippen LogP) is 0.322. The van der Waals surface area contributed by atoms with Gasteiger partial charge in [0.2, 0.25) is 0 Å². The second-order valence-corrected chi connectivity index (χ2v) is 3.60. The van der Waals surface area contributed by atoms with Crippen molar-refractivity contribution in [2.24, 2.45) is 0 Å². The van der Waals surface area contributed by atoms with Crippen LogP contribution in [-0.4, -0.2) is 36.9 Å². The zero-order valence-electron chi connectivity index (χ0n) is 9.47. The first-order valence-corrected chi connectivity index (χ1v) is 5.16. The minimum Gasteiger partial charge on any atom is -0.477 e. The molecule has 0 saturated heterocycles. The Morgan fingerprint density at radius 3 is 2.78 bits per heavy atom. The van der Waals surface area contributed by atoms with E-state index in [1.54, 1.807) is 19.3 Å². The number of nitrogens with one attached hydrogen (secondary N) is 3.